The Hall–Kier alpha value is -1.94. The molecule has 0 aromatic heterocycles. The summed E-state index contributed by atoms with van der Waals surface area (Å²) < 4.78 is 16.1. The summed E-state index contributed by atoms with van der Waals surface area (Å²) in [5, 5.41) is 5.50. The first-order valence-corrected chi connectivity index (χ1v) is 11.3. The molecule has 0 saturated heterocycles. The second kappa shape index (κ2) is 11.5. The molecule has 0 radical (unpaired) electrons. The molecule has 0 amide bonds. The van der Waals surface area contributed by atoms with E-state index in [1.165, 1.54) is 65.6 Å². The highest BCUT2D eigenvalue weighted by atomic mass is 16.9. The van der Waals surface area contributed by atoms with E-state index in [0.29, 0.717) is 0 Å². The Balaban J connectivity index is 1.41. The molecule has 3 heteroatoms. The van der Waals surface area contributed by atoms with Crippen LogP contribution in [0, 0.1) is 0 Å². The van der Waals surface area contributed by atoms with Gasteiger partial charge in [-0.1, -0.05) is 86.7 Å². The Morgan fingerprint density at radius 2 is 1.13 bits per heavy atom. The van der Waals surface area contributed by atoms with Crippen LogP contribution < -0.4 is 0 Å². The average molecular weight is 409 g/mol. The number of aryl methyl sites for hydroxylation is 1. The van der Waals surface area contributed by atoms with Crippen molar-refractivity contribution >= 4 is 21.5 Å². The molecule has 0 aliphatic heterocycles. The smallest absolute Gasteiger partial charge is 0.282 e. The Morgan fingerprint density at radius 1 is 0.600 bits per heavy atom. The van der Waals surface area contributed by atoms with E-state index in [2.05, 4.69) is 54.6 Å². The zero-order valence-electron chi connectivity index (χ0n) is 18.8. The first-order valence-electron chi connectivity index (χ1n) is 11.3. The molecule has 0 atom stereocenters. The zero-order chi connectivity index (χ0) is 21.2. The van der Waals surface area contributed by atoms with Gasteiger partial charge in [0.05, 0.1) is 0 Å². The van der Waals surface area contributed by atoms with E-state index in [9.17, 15) is 0 Å². The van der Waals surface area contributed by atoms with Crippen LogP contribution in [0.4, 0.5) is 0 Å². The van der Waals surface area contributed by atoms with Crippen LogP contribution >= 0.6 is 0 Å². The molecule has 30 heavy (non-hydrogen) atoms. The van der Waals surface area contributed by atoms with Crippen molar-refractivity contribution in [3.63, 3.8) is 0 Å². The largest absolute Gasteiger partial charge is 0.331 e. The molecule has 0 saturated carbocycles. The van der Waals surface area contributed by atoms with E-state index in [0.717, 1.165) is 19.3 Å². The number of hydrogen-bond donors (Lipinski definition) is 0. The van der Waals surface area contributed by atoms with Crippen molar-refractivity contribution in [1.29, 1.82) is 0 Å². The Bertz CT molecular complexity index is 906. The first kappa shape index (κ1) is 22.7. The summed E-state index contributed by atoms with van der Waals surface area (Å²) in [6, 6.07) is 20.0. The number of unbranched alkanes of at least 4 members (excludes halogenated alkanes) is 6. The fourth-order valence-corrected chi connectivity index (χ4v) is 4.44. The minimum absolute atomic E-state index is 0.769. The SMILES string of the molecule is COC(CCCCCCCCCc1cc2ccccc2c2ccccc12)(OC)OC. The number of methoxy groups -OCH3 is 3. The van der Waals surface area contributed by atoms with Gasteiger partial charge < -0.3 is 14.2 Å². The average Bonchev–Trinajstić information content (AvgIpc) is 2.81. The summed E-state index contributed by atoms with van der Waals surface area (Å²) in [5.41, 5.74) is 1.49. The maximum Gasteiger partial charge on any atom is 0.282 e. The van der Waals surface area contributed by atoms with Crippen LogP contribution in [0.15, 0.2) is 54.6 Å². The predicted molar refractivity (Wildman–Crippen MR) is 126 cm³/mol. The van der Waals surface area contributed by atoms with E-state index < -0.39 is 5.97 Å². The summed E-state index contributed by atoms with van der Waals surface area (Å²) >= 11 is 0. The number of rotatable bonds is 13. The number of hydrogen-bond acceptors (Lipinski definition) is 3. The van der Waals surface area contributed by atoms with Gasteiger partial charge in [0.1, 0.15) is 0 Å². The van der Waals surface area contributed by atoms with Gasteiger partial charge in [-0.3, -0.25) is 0 Å². The second-order valence-corrected chi connectivity index (χ2v) is 8.07. The molecule has 3 nitrogen and oxygen atoms in total. The van der Waals surface area contributed by atoms with Crippen molar-refractivity contribution in [2.45, 2.75) is 63.8 Å². The van der Waals surface area contributed by atoms with E-state index in [-0.39, 0.29) is 0 Å². The van der Waals surface area contributed by atoms with Crippen LogP contribution in [0.3, 0.4) is 0 Å². The lowest BCUT2D eigenvalue weighted by atomic mass is 9.94. The molecule has 162 valence electrons. The van der Waals surface area contributed by atoms with Crippen LogP contribution in [0.5, 0.6) is 0 Å². The molecule has 0 bridgehead atoms. The van der Waals surface area contributed by atoms with Gasteiger partial charge in [0.25, 0.3) is 5.97 Å². The molecule has 0 N–H and O–H groups in total. The third kappa shape index (κ3) is 5.60. The second-order valence-electron chi connectivity index (χ2n) is 8.07. The third-order valence-electron chi connectivity index (χ3n) is 6.22. The molecule has 0 unspecified atom stereocenters. The Labute approximate surface area is 181 Å². The van der Waals surface area contributed by atoms with Gasteiger partial charge in [0.15, 0.2) is 0 Å². The third-order valence-corrected chi connectivity index (χ3v) is 6.22. The van der Waals surface area contributed by atoms with E-state index >= 15 is 0 Å². The van der Waals surface area contributed by atoms with Crippen LogP contribution in [0.1, 0.15) is 56.9 Å². The monoisotopic (exact) mass is 408 g/mol. The Morgan fingerprint density at radius 3 is 1.80 bits per heavy atom. The van der Waals surface area contributed by atoms with Gasteiger partial charge in [-0.05, 0) is 46.4 Å². The lowest BCUT2D eigenvalue weighted by molar-refractivity contribution is -0.355. The molecule has 0 spiro atoms. The van der Waals surface area contributed by atoms with Crippen LogP contribution in [0.2, 0.25) is 0 Å². The lowest BCUT2D eigenvalue weighted by Gasteiger charge is -2.28. The number of benzene rings is 3. The summed E-state index contributed by atoms with van der Waals surface area (Å²) in [5.74, 6) is -0.872. The predicted octanol–water partition coefficient (Wildman–Crippen LogP) is 7.25. The van der Waals surface area contributed by atoms with Gasteiger partial charge in [0.2, 0.25) is 0 Å². The first-order chi connectivity index (χ1) is 14.7. The van der Waals surface area contributed by atoms with Gasteiger partial charge in [-0.25, -0.2) is 0 Å². The fraction of sp³-hybridized carbons (Fsp3) is 0.481. The molecule has 3 rings (SSSR count). The molecule has 0 fully saturated rings. The minimum atomic E-state index is -0.872. The maximum absolute atomic E-state index is 5.35. The molecular formula is C27H36O3. The quantitative estimate of drug-likeness (QED) is 0.169. The van der Waals surface area contributed by atoms with Crippen LogP contribution in [0.25, 0.3) is 21.5 Å². The molecule has 3 aromatic carbocycles. The lowest BCUT2D eigenvalue weighted by Crippen LogP contribution is -2.35. The van der Waals surface area contributed by atoms with Crippen LogP contribution in [-0.4, -0.2) is 27.3 Å². The molecule has 3 aromatic rings. The van der Waals surface area contributed by atoms with Crippen molar-refractivity contribution < 1.29 is 14.2 Å². The minimum Gasteiger partial charge on any atom is -0.331 e. The van der Waals surface area contributed by atoms with Gasteiger partial charge in [-0.15, -0.1) is 0 Å². The maximum atomic E-state index is 5.35. The number of ether oxygens (including phenoxy) is 3. The summed E-state index contributed by atoms with van der Waals surface area (Å²) in [7, 11) is 4.89. The number of fused-ring (bicyclic) bond motifs is 3. The van der Waals surface area contributed by atoms with Crippen molar-refractivity contribution in [1.82, 2.24) is 0 Å². The highest BCUT2D eigenvalue weighted by molar-refractivity contribution is 6.08. The fourth-order valence-electron chi connectivity index (χ4n) is 4.44. The van der Waals surface area contributed by atoms with Crippen molar-refractivity contribution in [2.75, 3.05) is 21.3 Å². The molecular weight excluding hydrogens is 372 g/mol. The summed E-state index contributed by atoms with van der Waals surface area (Å²) in [6.45, 7) is 0. The topological polar surface area (TPSA) is 27.7 Å². The van der Waals surface area contributed by atoms with Gasteiger partial charge >= 0.3 is 0 Å². The molecule has 0 aliphatic rings. The van der Waals surface area contributed by atoms with E-state index in [1.54, 1.807) is 21.3 Å². The van der Waals surface area contributed by atoms with Gasteiger partial charge in [-0.2, -0.15) is 0 Å². The summed E-state index contributed by atoms with van der Waals surface area (Å²) in [6.07, 6.45) is 10.6. The van der Waals surface area contributed by atoms with Gasteiger partial charge in [0, 0.05) is 27.8 Å². The highest BCUT2D eigenvalue weighted by Gasteiger charge is 2.28. The molecule has 0 aliphatic carbocycles. The van der Waals surface area contributed by atoms with Crippen LogP contribution in [-0.2, 0) is 20.6 Å². The summed E-state index contributed by atoms with van der Waals surface area (Å²) in [4.78, 5) is 0. The normalized spacial score (nSPS) is 12.1. The standard InChI is InChI=1S/C27H36O3/c1-28-27(29-2,30-3)20-14-8-6-4-5-7-9-15-22-21-23-16-10-11-17-24(23)26-19-13-12-18-25(22)26/h10-13,16-19,21H,4-9,14-15,20H2,1-3H3. The zero-order valence-corrected chi connectivity index (χ0v) is 18.8. The Kier molecular flexibility index (Phi) is 8.68. The van der Waals surface area contributed by atoms with E-state index in [4.69, 9.17) is 14.2 Å². The van der Waals surface area contributed by atoms with Crippen molar-refractivity contribution in [3.05, 3.63) is 60.2 Å². The van der Waals surface area contributed by atoms with E-state index in [1.807, 2.05) is 0 Å². The van der Waals surface area contributed by atoms with Crippen molar-refractivity contribution in [2.24, 2.45) is 0 Å². The van der Waals surface area contributed by atoms with Crippen molar-refractivity contribution in [3.8, 4) is 0 Å². The highest BCUT2D eigenvalue weighted by Crippen LogP contribution is 2.29. The molecule has 0 heterocycles.